The summed E-state index contributed by atoms with van der Waals surface area (Å²) in [5, 5.41) is 9.00. The SMILES string of the molecule is O=C(Cc1csc(-c2ccccn2)n1)NCC1=CCNCC1. The van der Waals surface area contributed by atoms with Crippen molar-refractivity contribution in [3.05, 3.63) is 47.1 Å². The van der Waals surface area contributed by atoms with Crippen LogP contribution in [0, 0.1) is 0 Å². The number of nitrogens with zero attached hydrogens (tertiary/aromatic N) is 2. The summed E-state index contributed by atoms with van der Waals surface area (Å²) < 4.78 is 0. The average Bonchev–Trinajstić information content (AvgIpc) is 3.03. The van der Waals surface area contributed by atoms with E-state index in [9.17, 15) is 4.79 Å². The van der Waals surface area contributed by atoms with Gasteiger partial charge in [-0.1, -0.05) is 17.7 Å². The Morgan fingerprint density at radius 3 is 3.14 bits per heavy atom. The minimum Gasteiger partial charge on any atom is -0.352 e. The summed E-state index contributed by atoms with van der Waals surface area (Å²) in [6, 6.07) is 5.73. The number of aromatic nitrogens is 2. The summed E-state index contributed by atoms with van der Waals surface area (Å²) in [7, 11) is 0. The molecule has 1 aliphatic rings. The highest BCUT2D eigenvalue weighted by molar-refractivity contribution is 7.13. The molecule has 22 heavy (non-hydrogen) atoms. The van der Waals surface area contributed by atoms with Gasteiger partial charge in [-0.05, 0) is 25.1 Å². The number of hydrogen-bond acceptors (Lipinski definition) is 5. The Morgan fingerprint density at radius 1 is 1.41 bits per heavy atom. The Bertz CT molecular complexity index is 666. The molecule has 2 aromatic heterocycles. The molecule has 0 unspecified atom stereocenters. The third kappa shape index (κ3) is 3.99. The number of hydrogen-bond donors (Lipinski definition) is 2. The number of carbonyl (C=O) groups is 1. The number of pyridine rings is 1. The van der Waals surface area contributed by atoms with Crippen LogP contribution in [0.4, 0.5) is 0 Å². The first kappa shape index (κ1) is 14.9. The van der Waals surface area contributed by atoms with Gasteiger partial charge in [0.15, 0.2) is 0 Å². The van der Waals surface area contributed by atoms with Crippen molar-refractivity contribution in [2.24, 2.45) is 0 Å². The fourth-order valence-corrected chi connectivity index (χ4v) is 3.06. The molecule has 0 saturated carbocycles. The van der Waals surface area contributed by atoms with E-state index in [-0.39, 0.29) is 5.91 Å². The lowest BCUT2D eigenvalue weighted by molar-refractivity contribution is -0.120. The zero-order valence-electron chi connectivity index (χ0n) is 12.2. The lowest BCUT2D eigenvalue weighted by Crippen LogP contribution is -2.30. The molecule has 3 heterocycles. The summed E-state index contributed by atoms with van der Waals surface area (Å²) >= 11 is 1.52. The molecular weight excluding hydrogens is 296 g/mol. The number of thiazole rings is 1. The molecule has 0 spiro atoms. The fraction of sp³-hybridized carbons (Fsp3) is 0.312. The number of carbonyl (C=O) groups excluding carboxylic acids is 1. The first-order valence-electron chi connectivity index (χ1n) is 7.32. The van der Waals surface area contributed by atoms with Gasteiger partial charge in [0.05, 0.1) is 17.8 Å². The highest BCUT2D eigenvalue weighted by Crippen LogP contribution is 2.21. The topological polar surface area (TPSA) is 66.9 Å². The van der Waals surface area contributed by atoms with Crippen molar-refractivity contribution in [2.45, 2.75) is 12.8 Å². The second-order valence-electron chi connectivity index (χ2n) is 5.13. The Morgan fingerprint density at radius 2 is 2.36 bits per heavy atom. The van der Waals surface area contributed by atoms with E-state index in [0.717, 1.165) is 35.9 Å². The molecule has 6 heteroatoms. The van der Waals surface area contributed by atoms with Crippen LogP contribution in [-0.2, 0) is 11.2 Å². The number of rotatable bonds is 5. The van der Waals surface area contributed by atoms with Gasteiger partial charge in [0, 0.05) is 24.7 Å². The van der Waals surface area contributed by atoms with Crippen molar-refractivity contribution in [1.29, 1.82) is 0 Å². The quantitative estimate of drug-likeness (QED) is 0.826. The van der Waals surface area contributed by atoms with Gasteiger partial charge in [-0.3, -0.25) is 9.78 Å². The normalized spacial score (nSPS) is 14.5. The van der Waals surface area contributed by atoms with Crippen LogP contribution < -0.4 is 10.6 Å². The Balaban J connectivity index is 1.53. The smallest absolute Gasteiger partial charge is 0.226 e. The molecule has 0 aromatic carbocycles. The summed E-state index contributed by atoms with van der Waals surface area (Å²) in [5.41, 5.74) is 2.93. The van der Waals surface area contributed by atoms with Gasteiger partial charge in [0.2, 0.25) is 5.91 Å². The molecule has 1 aliphatic heterocycles. The number of nitrogens with one attached hydrogen (secondary N) is 2. The Labute approximate surface area is 133 Å². The molecule has 0 saturated heterocycles. The standard InChI is InChI=1S/C16H18N4OS/c21-15(19-10-12-4-7-17-8-5-12)9-13-11-22-16(20-13)14-3-1-2-6-18-14/h1-4,6,11,17H,5,7-10H2,(H,19,21). The van der Waals surface area contributed by atoms with Crippen LogP contribution in [0.5, 0.6) is 0 Å². The lowest BCUT2D eigenvalue weighted by Gasteiger charge is -2.14. The van der Waals surface area contributed by atoms with Crippen molar-refractivity contribution in [1.82, 2.24) is 20.6 Å². The van der Waals surface area contributed by atoms with E-state index < -0.39 is 0 Å². The van der Waals surface area contributed by atoms with E-state index in [2.05, 4.69) is 26.7 Å². The van der Waals surface area contributed by atoms with Crippen molar-refractivity contribution in [3.8, 4) is 10.7 Å². The summed E-state index contributed by atoms with van der Waals surface area (Å²) in [5.74, 6) is 0.0114. The van der Waals surface area contributed by atoms with E-state index >= 15 is 0 Å². The van der Waals surface area contributed by atoms with Crippen molar-refractivity contribution in [2.75, 3.05) is 19.6 Å². The number of amides is 1. The highest BCUT2D eigenvalue weighted by Gasteiger charge is 2.10. The molecule has 0 bridgehead atoms. The van der Waals surface area contributed by atoms with Crippen molar-refractivity contribution in [3.63, 3.8) is 0 Å². The van der Waals surface area contributed by atoms with E-state index in [4.69, 9.17) is 0 Å². The first-order chi connectivity index (χ1) is 10.8. The van der Waals surface area contributed by atoms with Crippen LogP contribution in [0.15, 0.2) is 41.4 Å². The predicted molar refractivity (Wildman–Crippen MR) is 87.6 cm³/mol. The fourth-order valence-electron chi connectivity index (χ4n) is 2.26. The van der Waals surface area contributed by atoms with E-state index in [1.54, 1.807) is 6.20 Å². The van der Waals surface area contributed by atoms with Crippen molar-refractivity contribution < 1.29 is 4.79 Å². The van der Waals surface area contributed by atoms with Crippen LogP contribution in [-0.4, -0.2) is 35.5 Å². The summed E-state index contributed by atoms with van der Waals surface area (Å²) in [4.78, 5) is 20.8. The van der Waals surface area contributed by atoms with Crippen LogP contribution in [0.3, 0.4) is 0 Å². The van der Waals surface area contributed by atoms with E-state index in [1.807, 2.05) is 23.6 Å². The van der Waals surface area contributed by atoms with Crippen LogP contribution in [0.2, 0.25) is 0 Å². The van der Waals surface area contributed by atoms with Crippen molar-refractivity contribution >= 4 is 17.2 Å². The van der Waals surface area contributed by atoms with Crippen LogP contribution in [0.25, 0.3) is 10.7 Å². The van der Waals surface area contributed by atoms with Gasteiger partial charge in [0.25, 0.3) is 0 Å². The van der Waals surface area contributed by atoms with Crippen LogP contribution >= 0.6 is 11.3 Å². The van der Waals surface area contributed by atoms with Gasteiger partial charge in [-0.25, -0.2) is 4.98 Å². The third-order valence-electron chi connectivity index (χ3n) is 3.45. The molecule has 0 atom stereocenters. The Kier molecular flexibility index (Phi) is 4.92. The average molecular weight is 314 g/mol. The molecule has 114 valence electrons. The van der Waals surface area contributed by atoms with E-state index in [0.29, 0.717) is 13.0 Å². The van der Waals surface area contributed by atoms with Gasteiger partial charge < -0.3 is 10.6 Å². The zero-order chi connectivity index (χ0) is 15.2. The predicted octanol–water partition coefficient (Wildman–Crippen LogP) is 1.78. The monoisotopic (exact) mass is 314 g/mol. The zero-order valence-corrected chi connectivity index (χ0v) is 13.0. The van der Waals surface area contributed by atoms with Gasteiger partial charge in [0.1, 0.15) is 5.01 Å². The maximum atomic E-state index is 12.0. The lowest BCUT2D eigenvalue weighted by atomic mass is 10.1. The molecule has 1 amide bonds. The first-order valence-corrected chi connectivity index (χ1v) is 8.20. The molecule has 5 nitrogen and oxygen atoms in total. The second-order valence-corrected chi connectivity index (χ2v) is 5.99. The summed E-state index contributed by atoms with van der Waals surface area (Å²) in [6.45, 7) is 2.52. The maximum Gasteiger partial charge on any atom is 0.226 e. The highest BCUT2D eigenvalue weighted by atomic mass is 32.1. The maximum absolute atomic E-state index is 12.0. The van der Waals surface area contributed by atoms with Crippen LogP contribution in [0.1, 0.15) is 12.1 Å². The van der Waals surface area contributed by atoms with Gasteiger partial charge in [-0.2, -0.15) is 0 Å². The molecule has 0 fully saturated rings. The van der Waals surface area contributed by atoms with Gasteiger partial charge >= 0.3 is 0 Å². The van der Waals surface area contributed by atoms with Gasteiger partial charge in [-0.15, -0.1) is 11.3 Å². The molecule has 0 radical (unpaired) electrons. The molecule has 0 aliphatic carbocycles. The third-order valence-corrected chi connectivity index (χ3v) is 4.36. The molecular formula is C16H18N4OS. The minimum atomic E-state index is 0.0114. The largest absolute Gasteiger partial charge is 0.352 e. The Hall–Kier alpha value is -2.05. The molecule has 3 rings (SSSR count). The molecule has 2 N–H and O–H groups in total. The van der Waals surface area contributed by atoms with E-state index in [1.165, 1.54) is 16.9 Å². The minimum absolute atomic E-state index is 0.0114. The second kappa shape index (κ2) is 7.29. The summed E-state index contributed by atoms with van der Waals surface area (Å²) in [6.07, 6.45) is 5.21. The molecule has 2 aromatic rings.